The second kappa shape index (κ2) is 10.1. The number of aliphatic hydroxyl groups is 2. The summed E-state index contributed by atoms with van der Waals surface area (Å²) in [7, 11) is 0. The quantitative estimate of drug-likeness (QED) is 0.346. The first-order chi connectivity index (χ1) is 12.7. The molecule has 0 aliphatic carbocycles. The number of hydrogen-bond acceptors (Lipinski definition) is 3. The standard InChI is InChI=1S/C23H24O3/c1-2-18(10-6-16-24)23(20-12-14-21(26)15-13-20)22(11-7-17-25)19-8-4-3-5-9-19/h2-6,8-10,12-16,24-26H,1,7,11,17H2/b16-6+,18-10+,23-22-. The number of aromatic hydroxyl groups is 1. The maximum atomic E-state index is 9.64. The Labute approximate surface area is 154 Å². The van der Waals surface area contributed by atoms with Crippen molar-refractivity contribution >= 4 is 11.1 Å². The van der Waals surface area contributed by atoms with E-state index in [1.54, 1.807) is 30.4 Å². The van der Waals surface area contributed by atoms with Crippen LogP contribution in [0.25, 0.3) is 11.1 Å². The van der Waals surface area contributed by atoms with Gasteiger partial charge in [-0.05, 0) is 58.9 Å². The molecule has 2 aromatic carbocycles. The lowest BCUT2D eigenvalue weighted by molar-refractivity contribution is 0.290. The number of allylic oxidation sites excluding steroid dienone is 6. The summed E-state index contributed by atoms with van der Waals surface area (Å²) in [4.78, 5) is 0. The molecule has 134 valence electrons. The van der Waals surface area contributed by atoms with Gasteiger partial charge in [0.25, 0.3) is 0 Å². The van der Waals surface area contributed by atoms with Gasteiger partial charge in [-0.15, -0.1) is 0 Å². The topological polar surface area (TPSA) is 60.7 Å². The van der Waals surface area contributed by atoms with Crippen LogP contribution in [0.4, 0.5) is 0 Å². The lowest BCUT2D eigenvalue weighted by atomic mass is 9.87. The first kappa shape index (κ1) is 19.3. The molecule has 26 heavy (non-hydrogen) atoms. The predicted octanol–water partition coefficient (Wildman–Crippen LogP) is 5.26. The molecule has 2 aromatic rings. The number of aliphatic hydroxyl groups excluding tert-OH is 2. The van der Waals surface area contributed by atoms with E-state index in [-0.39, 0.29) is 12.4 Å². The average molecular weight is 348 g/mol. The second-order valence-corrected chi connectivity index (χ2v) is 5.76. The van der Waals surface area contributed by atoms with E-state index in [0.29, 0.717) is 12.8 Å². The minimum atomic E-state index is 0.100. The third-order valence-corrected chi connectivity index (χ3v) is 4.04. The highest BCUT2D eigenvalue weighted by Crippen LogP contribution is 2.36. The van der Waals surface area contributed by atoms with Gasteiger partial charge in [-0.2, -0.15) is 0 Å². The van der Waals surface area contributed by atoms with Crippen LogP contribution in [0.2, 0.25) is 0 Å². The molecule has 0 radical (unpaired) electrons. The van der Waals surface area contributed by atoms with Crippen LogP contribution in [0, 0.1) is 0 Å². The smallest absolute Gasteiger partial charge is 0.115 e. The highest BCUT2D eigenvalue weighted by Gasteiger charge is 2.14. The van der Waals surface area contributed by atoms with Crippen molar-refractivity contribution in [3.63, 3.8) is 0 Å². The minimum Gasteiger partial charge on any atom is -0.516 e. The van der Waals surface area contributed by atoms with Crippen molar-refractivity contribution in [2.24, 2.45) is 0 Å². The molecule has 3 nitrogen and oxygen atoms in total. The molecule has 0 bridgehead atoms. The van der Waals surface area contributed by atoms with Crippen molar-refractivity contribution in [2.75, 3.05) is 6.61 Å². The van der Waals surface area contributed by atoms with Crippen LogP contribution in [0.5, 0.6) is 5.75 Å². The zero-order chi connectivity index (χ0) is 18.8. The lowest BCUT2D eigenvalue weighted by Gasteiger charge is -2.18. The van der Waals surface area contributed by atoms with Crippen molar-refractivity contribution in [2.45, 2.75) is 12.8 Å². The van der Waals surface area contributed by atoms with E-state index in [1.807, 2.05) is 42.5 Å². The van der Waals surface area contributed by atoms with Crippen LogP contribution >= 0.6 is 0 Å². The SMILES string of the molecule is C=CC(=C\C=C\O)/C(=C(\CCCO)c1ccccc1)c1ccc(O)cc1. The van der Waals surface area contributed by atoms with E-state index in [1.165, 1.54) is 0 Å². The monoisotopic (exact) mass is 348 g/mol. The van der Waals surface area contributed by atoms with Crippen molar-refractivity contribution in [3.8, 4) is 5.75 Å². The molecular weight excluding hydrogens is 324 g/mol. The maximum Gasteiger partial charge on any atom is 0.115 e. The molecule has 3 N–H and O–H groups in total. The molecule has 0 amide bonds. The highest BCUT2D eigenvalue weighted by atomic mass is 16.3. The number of phenolic OH excluding ortho intramolecular Hbond substituents is 1. The number of hydrogen-bond donors (Lipinski definition) is 3. The summed E-state index contributed by atoms with van der Waals surface area (Å²) >= 11 is 0. The van der Waals surface area contributed by atoms with E-state index in [2.05, 4.69) is 6.58 Å². The molecule has 0 heterocycles. The fourth-order valence-corrected chi connectivity index (χ4v) is 2.85. The van der Waals surface area contributed by atoms with E-state index >= 15 is 0 Å². The highest BCUT2D eigenvalue weighted by molar-refractivity contribution is 5.99. The summed E-state index contributed by atoms with van der Waals surface area (Å²) in [6, 6.07) is 17.0. The molecule has 0 saturated carbocycles. The van der Waals surface area contributed by atoms with Crippen LogP contribution in [0.1, 0.15) is 24.0 Å². The van der Waals surface area contributed by atoms with Crippen molar-refractivity contribution in [1.82, 2.24) is 0 Å². The van der Waals surface area contributed by atoms with E-state index in [9.17, 15) is 10.2 Å². The fourth-order valence-electron chi connectivity index (χ4n) is 2.85. The minimum absolute atomic E-state index is 0.100. The Morgan fingerprint density at radius 1 is 0.962 bits per heavy atom. The molecular formula is C23H24O3. The van der Waals surface area contributed by atoms with Gasteiger partial charge in [-0.3, -0.25) is 0 Å². The molecule has 0 unspecified atom stereocenters. The first-order valence-corrected chi connectivity index (χ1v) is 8.54. The predicted molar refractivity (Wildman–Crippen MR) is 108 cm³/mol. The second-order valence-electron chi connectivity index (χ2n) is 5.76. The molecule has 2 rings (SSSR count). The number of phenols is 1. The van der Waals surface area contributed by atoms with Gasteiger partial charge in [0.2, 0.25) is 0 Å². The van der Waals surface area contributed by atoms with Gasteiger partial charge in [0, 0.05) is 6.61 Å². The molecule has 0 fully saturated rings. The van der Waals surface area contributed by atoms with Crippen LogP contribution in [-0.4, -0.2) is 21.9 Å². The van der Waals surface area contributed by atoms with Crippen molar-refractivity contribution in [1.29, 1.82) is 0 Å². The van der Waals surface area contributed by atoms with Crippen LogP contribution < -0.4 is 0 Å². The Morgan fingerprint density at radius 3 is 2.23 bits per heavy atom. The van der Waals surface area contributed by atoms with Crippen LogP contribution in [-0.2, 0) is 0 Å². The third kappa shape index (κ3) is 4.98. The third-order valence-electron chi connectivity index (χ3n) is 4.04. The summed E-state index contributed by atoms with van der Waals surface area (Å²) in [5, 5.41) is 28.1. The molecule has 0 spiro atoms. The van der Waals surface area contributed by atoms with Crippen molar-refractivity contribution < 1.29 is 15.3 Å². The van der Waals surface area contributed by atoms with Crippen molar-refractivity contribution in [3.05, 3.63) is 102 Å². The summed E-state index contributed by atoms with van der Waals surface area (Å²) in [6.07, 6.45) is 7.37. The van der Waals surface area contributed by atoms with Crippen LogP contribution in [0.3, 0.4) is 0 Å². The normalized spacial score (nSPS) is 12.9. The first-order valence-electron chi connectivity index (χ1n) is 8.54. The molecule has 0 aromatic heterocycles. The zero-order valence-corrected chi connectivity index (χ0v) is 14.7. The zero-order valence-electron chi connectivity index (χ0n) is 14.7. The molecule has 0 atom stereocenters. The Balaban J connectivity index is 2.76. The average Bonchev–Trinajstić information content (AvgIpc) is 2.68. The molecule has 0 saturated heterocycles. The van der Waals surface area contributed by atoms with Gasteiger partial charge < -0.3 is 15.3 Å². The van der Waals surface area contributed by atoms with Gasteiger partial charge in [-0.25, -0.2) is 0 Å². The van der Waals surface area contributed by atoms with E-state index in [0.717, 1.165) is 34.1 Å². The summed E-state index contributed by atoms with van der Waals surface area (Å²) in [5.41, 5.74) is 4.86. The van der Waals surface area contributed by atoms with E-state index in [4.69, 9.17) is 5.11 Å². The summed E-state index contributed by atoms with van der Waals surface area (Å²) < 4.78 is 0. The Bertz CT molecular complexity index is 797. The van der Waals surface area contributed by atoms with Crippen LogP contribution in [0.15, 0.2) is 91.2 Å². The van der Waals surface area contributed by atoms with E-state index < -0.39 is 0 Å². The van der Waals surface area contributed by atoms with Gasteiger partial charge in [-0.1, -0.05) is 61.2 Å². The summed E-state index contributed by atoms with van der Waals surface area (Å²) in [5.74, 6) is 0.198. The largest absolute Gasteiger partial charge is 0.516 e. The molecule has 3 heteroatoms. The van der Waals surface area contributed by atoms with Gasteiger partial charge in [0.15, 0.2) is 0 Å². The Hall–Kier alpha value is -3.04. The molecule has 0 aliphatic rings. The number of rotatable bonds is 8. The molecule has 0 aliphatic heterocycles. The fraction of sp³-hybridized carbons (Fsp3) is 0.130. The lowest BCUT2D eigenvalue weighted by Crippen LogP contribution is -1.97. The van der Waals surface area contributed by atoms with Gasteiger partial charge >= 0.3 is 0 Å². The number of benzene rings is 2. The maximum absolute atomic E-state index is 9.64. The summed E-state index contributed by atoms with van der Waals surface area (Å²) in [6.45, 7) is 4.02. The van der Waals surface area contributed by atoms with Gasteiger partial charge in [0.1, 0.15) is 5.75 Å². The van der Waals surface area contributed by atoms with Gasteiger partial charge in [0.05, 0.1) is 6.26 Å². The Morgan fingerprint density at radius 2 is 1.65 bits per heavy atom. The Kier molecular flexibility index (Phi) is 7.47.